The summed E-state index contributed by atoms with van der Waals surface area (Å²) in [6, 6.07) is 8.17. The van der Waals surface area contributed by atoms with Gasteiger partial charge in [0, 0.05) is 6.54 Å². The summed E-state index contributed by atoms with van der Waals surface area (Å²) >= 11 is 5.17. The van der Waals surface area contributed by atoms with Crippen LogP contribution in [0, 0.1) is 0 Å². The Kier molecular flexibility index (Phi) is 5.07. The zero-order valence-corrected chi connectivity index (χ0v) is 13.5. The summed E-state index contributed by atoms with van der Waals surface area (Å²) in [5.74, 6) is 1.35. The second-order valence-corrected chi connectivity index (χ2v) is 5.76. The molecule has 0 spiro atoms. The lowest BCUT2D eigenvalue weighted by Gasteiger charge is -2.27. The van der Waals surface area contributed by atoms with E-state index in [4.69, 9.17) is 17.0 Å². The van der Waals surface area contributed by atoms with Crippen molar-refractivity contribution in [2.75, 3.05) is 6.54 Å². The summed E-state index contributed by atoms with van der Waals surface area (Å²) in [4.78, 5) is 1.91. The highest BCUT2D eigenvalue weighted by atomic mass is 32.1. The second kappa shape index (κ2) is 6.80. The molecule has 112 valence electrons. The molecular formula is C16H21N3OS. The van der Waals surface area contributed by atoms with Crippen LogP contribution in [0.25, 0.3) is 0 Å². The molecular weight excluding hydrogens is 282 g/mol. The molecule has 0 saturated carbocycles. The van der Waals surface area contributed by atoms with Crippen LogP contribution in [0.3, 0.4) is 0 Å². The highest BCUT2D eigenvalue weighted by Gasteiger charge is 2.31. The zero-order chi connectivity index (χ0) is 15.4. The summed E-state index contributed by atoms with van der Waals surface area (Å²) < 4.78 is 5.97. The molecule has 0 bridgehead atoms. The van der Waals surface area contributed by atoms with Crippen LogP contribution in [-0.4, -0.2) is 28.8 Å². The molecule has 0 aromatic heterocycles. The van der Waals surface area contributed by atoms with E-state index < -0.39 is 0 Å². The molecule has 1 heterocycles. The minimum Gasteiger partial charge on any atom is -0.486 e. The first kappa shape index (κ1) is 15.6. The molecule has 0 amide bonds. The average molecular weight is 303 g/mol. The molecule has 21 heavy (non-hydrogen) atoms. The number of ether oxygens (including phenoxy) is 1. The normalized spacial score (nSPS) is 19.1. The lowest BCUT2D eigenvalue weighted by atomic mass is 10.0. The Bertz CT molecular complexity index is 539. The lowest BCUT2D eigenvalue weighted by Crippen LogP contribution is -2.42. The fraction of sp³-hybridized carbons (Fsp3) is 0.438. The predicted molar refractivity (Wildman–Crippen MR) is 88.8 cm³/mol. The van der Waals surface area contributed by atoms with Gasteiger partial charge in [0.15, 0.2) is 6.17 Å². The maximum Gasteiger partial charge on any atom is 0.218 e. The Labute approximate surface area is 131 Å². The van der Waals surface area contributed by atoms with Gasteiger partial charge in [0.1, 0.15) is 11.9 Å². The van der Waals surface area contributed by atoms with Gasteiger partial charge in [-0.25, -0.2) is 0 Å². The Morgan fingerprint density at radius 3 is 2.57 bits per heavy atom. The number of thiocarbonyl (C=S) groups is 1. The molecule has 5 heteroatoms. The summed E-state index contributed by atoms with van der Waals surface area (Å²) in [6.45, 7) is 10.7. The Balaban J connectivity index is 2.03. The molecule has 1 aromatic carbocycles. The van der Waals surface area contributed by atoms with Crippen molar-refractivity contribution >= 4 is 17.3 Å². The smallest absolute Gasteiger partial charge is 0.218 e. The molecule has 0 aliphatic carbocycles. The fourth-order valence-electron chi connectivity index (χ4n) is 2.22. The van der Waals surface area contributed by atoms with E-state index in [0.717, 1.165) is 5.75 Å². The van der Waals surface area contributed by atoms with Gasteiger partial charge in [0.05, 0.1) is 0 Å². The van der Waals surface area contributed by atoms with Crippen LogP contribution in [-0.2, 0) is 0 Å². The summed E-state index contributed by atoms with van der Waals surface area (Å²) in [5, 5.41) is 8.66. The second-order valence-electron chi connectivity index (χ2n) is 5.40. The van der Waals surface area contributed by atoms with Gasteiger partial charge in [-0.2, -0.15) is 5.11 Å². The third kappa shape index (κ3) is 3.67. The standard InChI is InChI=1S/C16H21N3OS/c1-5-10-19-15(17-18-16(19)21)12(4)20-14-8-6-13(7-9-14)11(2)3/h5-9,11-12,15H,1,10H2,2-4H3. The van der Waals surface area contributed by atoms with E-state index >= 15 is 0 Å². The van der Waals surface area contributed by atoms with Crippen LogP contribution in [0.2, 0.25) is 0 Å². The minimum absolute atomic E-state index is 0.140. The first-order valence-corrected chi connectivity index (χ1v) is 7.52. The maximum absolute atomic E-state index is 5.97. The Hall–Kier alpha value is -1.75. The fourth-order valence-corrected chi connectivity index (χ4v) is 2.45. The van der Waals surface area contributed by atoms with Crippen molar-refractivity contribution in [1.82, 2.24) is 4.90 Å². The molecule has 4 nitrogen and oxygen atoms in total. The van der Waals surface area contributed by atoms with Gasteiger partial charge < -0.3 is 9.64 Å². The molecule has 0 saturated heterocycles. The summed E-state index contributed by atoms with van der Waals surface area (Å²) in [5.41, 5.74) is 1.30. The maximum atomic E-state index is 5.97. The SMILES string of the molecule is C=CCN1C(=S)N=NC1C(C)Oc1ccc(C(C)C)cc1. The van der Waals surface area contributed by atoms with Gasteiger partial charge in [0.25, 0.3) is 0 Å². The van der Waals surface area contributed by atoms with Gasteiger partial charge in [-0.1, -0.05) is 32.1 Å². The highest BCUT2D eigenvalue weighted by Crippen LogP contribution is 2.23. The molecule has 2 rings (SSSR count). The van der Waals surface area contributed by atoms with Crippen LogP contribution < -0.4 is 4.74 Å². The third-order valence-corrected chi connectivity index (χ3v) is 3.76. The van der Waals surface area contributed by atoms with Crippen molar-refractivity contribution in [3.63, 3.8) is 0 Å². The van der Waals surface area contributed by atoms with Crippen molar-refractivity contribution in [3.8, 4) is 5.75 Å². The summed E-state index contributed by atoms with van der Waals surface area (Å²) in [7, 11) is 0. The minimum atomic E-state index is -0.194. The van der Waals surface area contributed by atoms with Crippen LogP contribution in [0.4, 0.5) is 0 Å². The van der Waals surface area contributed by atoms with Gasteiger partial charge in [-0.3, -0.25) is 0 Å². The number of rotatable bonds is 6. The molecule has 1 aliphatic heterocycles. The van der Waals surface area contributed by atoms with Crippen molar-refractivity contribution in [2.45, 2.75) is 39.0 Å². The summed E-state index contributed by atoms with van der Waals surface area (Å²) in [6.07, 6.45) is 1.46. The Morgan fingerprint density at radius 2 is 2.00 bits per heavy atom. The third-order valence-electron chi connectivity index (χ3n) is 3.44. The van der Waals surface area contributed by atoms with E-state index in [1.54, 1.807) is 6.08 Å². The quantitative estimate of drug-likeness (QED) is 0.585. The van der Waals surface area contributed by atoms with Gasteiger partial charge in [-0.05, 0) is 42.8 Å². The van der Waals surface area contributed by atoms with Gasteiger partial charge in [-0.15, -0.1) is 11.7 Å². The van der Waals surface area contributed by atoms with Gasteiger partial charge in [0.2, 0.25) is 5.11 Å². The number of azo groups is 1. The average Bonchev–Trinajstić information content (AvgIpc) is 2.81. The number of nitrogens with zero attached hydrogens (tertiary/aromatic N) is 3. The molecule has 0 fully saturated rings. The van der Waals surface area contributed by atoms with Crippen molar-refractivity contribution in [3.05, 3.63) is 42.5 Å². The number of hydrogen-bond acceptors (Lipinski definition) is 3. The van der Waals surface area contributed by atoms with E-state index in [9.17, 15) is 0 Å². The van der Waals surface area contributed by atoms with E-state index in [1.807, 2.05) is 24.0 Å². The molecule has 2 unspecified atom stereocenters. The largest absolute Gasteiger partial charge is 0.486 e. The first-order valence-electron chi connectivity index (χ1n) is 7.12. The van der Waals surface area contributed by atoms with E-state index in [2.05, 4.69) is 42.8 Å². The molecule has 1 aliphatic rings. The molecule has 2 atom stereocenters. The lowest BCUT2D eigenvalue weighted by molar-refractivity contribution is 0.136. The van der Waals surface area contributed by atoms with Crippen LogP contribution >= 0.6 is 12.2 Å². The molecule has 1 aromatic rings. The van der Waals surface area contributed by atoms with Crippen molar-refractivity contribution in [1.29, 1.82) is 0 Å². The number of benzene rings is 1. The van der Waals surface area contributed by atoms with Gasteiger partial charge >= 0.3 is 0 Å². The first-order chi connectivity index (χ1) is 10.0. The van der Waals surface area contributed by atoms with Crippen LogP contribution in [0.15, 0.2) is 47.1 Å². The molecule has 0 radical (unpaired) electrons. The number of hydrogen-bond donors (Lipinski definition) is 0. The van der Waals surface area contributed by atoms with E-state index in [1.165, 1.54) is 5.56 Å². The zero-order valence-electron chi connectivity index (χ0n) is 12.7. The van der Waals surface area contributed by atoms with Crippen LogP contribution in [0.1, 0.15) is 32.3 Å². The predicted octanol–water partition coefficient (Wildman–Crippen LogP) is 4.14. The Morgan fingerprint density at radius 1 is 1.33 bits per heavy atom. The monoisotopic (exact) mass is 303 g/mol. The van der Waals surface area contributed by atoms with Crippen molar-refractivity contribution < 1.29 is 4.74 Å². The van der Waals surface area contributed by atoms with E-state index in [-0.39, 0.29) is 12.3 Å². The highest BCUT2D eigenvalue weighted by molar-refractivity contribution is 7.80. The van der Waals surface area contributed by atoms with Crippen LogP contribution in [0.5, 0.6) is 5.75 Å². The van der Waals surface area contributed by atoms with Crippen molar-refractivity contribution in [2.24, 2.45) is 10.2 Å². The van der Waals surface area contributed by atoms with E-state index in [0.29, 0.717) is 17.6 Å². The topological polar surface area (TPSA) is 37.2 Å². The molecule has 0 N–H and O–H groups in total.